The third-order valence-corrected chi connectivity index (χ3v) is 9.09. The van der Waals surface area contributed by atoms with Crippen LogP contribution in [0.25, 0.3) is 11.5 Å². The second-order valence-electron chi connectivity index (χ2n) is 11.1. The van der Waals surface area contributed by atoms with E-state index in [1.54, 1.807) is 22.6 Å². The lowest BCUT2D eigenvalue weighted by Gasteiger charge is -2.46. The van der Waals surface area contributed by atoms with E-state index in [4.69, 9.17) is 9.97 Å². The third-order valence-electron chi connectivity index (χ3n) is 8.39. The van der Waals surface area contributed by atoms with Gasteiger partial charge in [-0.15, -0.1) is 10.2 Å². The average Bonchev–Trinajstić information content (AvgIpc) is 3.34. The number of carbonyl (C=O) groups excluding carboxylic acids is 1. The van der Waals surface area contributed by atoms with Crippen molar-refractivity contribution in [3.8, 4) is 11.5 Å². The molecule has 5 heterocycles. The van der Waals surface area contributed by atoms with Gasteiger partial charge in [0.25, 0.3) is 0 Å². The molecular weight excluding hydrogens is 496 g/mol. The van der Waals surface area contributed by atoms with Crippen molar-refractivity contribution in [2.45, 2.75) is 69.5 Å². The van der Waals surface area contributed by atoms with E-state index in [0.717, 1.165) is 12.8 Å². The minimum Gasteiger partial charge on any atom is -0.333 e. The second kappa shape index (κ2) is 9.43. The molecular formula is C28H32N8OS. The summed E-state index contributed by atoms with van der Waals surface area (Å²) in [5, 5.41) is 16.5. The van der Waals surface area contributed by atoms with Crippen LogP contribution in [0.4, 0.5) is 5.82 Å². The standard InChI is InChI=1S/C28H32N8OS/c1-17(2)35-16-31-33-27(35)22-4-3-5-26(32-22)36-15-30-23-10-20(19-8-9-38-13-19)25(11-21(23)28(36)37)34-12-24(29-14-34)18-6-7-18/h3-5,8-9,12-14,16-18,20-21,23,25,30H,6-7,10-11,15H2,1-2H3. The van der Waals surface area contributed by atoms with Gasteiger partial charge >= 0.3 is 0 Å². The lowest BCUT2D eigenvalue weighted by molar-refractivity contribution is -0.126. The van der Waals surface area contributed by atoms with Crippen LogP contribution < -0.4 is 10.2 Å². The average molecular weight is 529 g/mol. The summed E-state index contributed by atoms with van der Waals surface area (Å²) >= 11 is 1.74. The van der Waals surface area contributed by atoms with Gasteiger partial charge in [-0.25, -0.2) is 9.97 Å². The van der Waals surface area contributed by atoms with Crippen LogP contribution in [0.15, 0.2) is 53.9 Å². The van der Waals surface area contributed by atoms with E-state index in [1.807, 2.05) is 29.1 Å². The zero-order valence-corrected chi connectivity index (χ0v) is 22.5. The summed E-state index contributed by atoms with van der Waals surface area (Å²) in [6, 6.07) is 8.56. The van der Waals surface area contributed by atoms with Gasteiger partial charge in [-0.05, 0) is 74.1 Å². The van der Waals surface area contributed by atoms with Crippen LogP contribution in [0.1, 0.15) is 74.7 Å². The highest BCUT2D eigenvalue weighted by Gasteiger charge is 2.46. The van der Waals surface area contributed by atoms with Crippen molar-refractivity contribution in [3.05, 3.63) is 65.1 Å². The Morgan fingerprint density at radius 3 is 2.79 bits per heavy atom. The lowest BCUT2D eigenvalue weighted by atomic mass is 9.71. The number of thiophene rings is 1. The third kappa shape index (κ3) is 4.16. The van der Waals surface area contributed by atoms with Crippen molar-refractivity contribution in [2.24, 2.45) is 5.92 Å². The molecule has 3 aliphatic rings. The van der Waals surface area contributed by atoms with E-state index in [0.29, 0.717) is 35.8 Å². The molecule has 7 rings (SSSR count). The van der Waals surface area contributed by atoms with Gasteiger partial charge < -0.3 is 9.13 Å². The molecule has 4 unspecified atom stereocenters. The molecule has 1 saturated heterocycles. The number of nitrogens with one attached hydrogen (secondary N) is 1. The first kappa shape index (κ1) is 23.7. The summed E-state index contributed by atoms with van der Waals surface area (Å²) in [5.41, 5.74) is 3.27. The number of fused-ring (bicyclic) bond motifs is 1. The van der Waals surface area contributed by atoms with E-state index >= 15 is 0 Å². The van der Waals surface area contributed by atoms with E-state index in [-0.39, 0.29) is 30.0 Å². The first-order valence-electron chi connectivity index (χ1n) is 13.5. The quantitative estimate of drug-likeness (QED) is 0.388. The molecule has 1 aliphatic heterocycles. The molecule has 0 spiro atoms. The first-order chi connectivity index (χ1) is 18.6. The highest BCUT2D eigenvalue weighted by Crippen LogP contribution is 2.47. The largest absolute Gasteiger partial charge is 0.333 e. The molecule has 9 nitrogen and oxygen atoms in total. The van der Waals surface area contributed by atoms with Gasteiger partial charge in [-0.2, -0.15) is 11.3 Å². The SMILES string of the molecule is CC(C)n1cnnc1-c1cccc(N2CNC3CC(c4ccsc4)C(n4cnc(C5CC5)c4)CC3C2=O)n1. The van der Waals surface area contributed by atoms with Gasteiger partial charge in [-0.1, -0.05) is 6.07 Å². The Morgan fingerprint density at radius 1 is 1.11 bits per heavy atom. The zero-order valence-electron chi connectivity index (χ0n) is 21.6. The van der Waals surface area contributed by atoms with Crippen LogP contribution in [0.3, 0.4) is 0 Å². The van der Waals surface area contributed by atoms with Crippen LogP contribution >= 0.6 is 11.3 Å². The lowest BCUT2D eigenvalue weighted by Crippen LogP contribution is -2.60. The Bertz CT molecular complexity index is 1440. The Labute approximate surface area is 225 Å². The number of anilines is 1. The number of hydrogen-bond acceptors (Lipinski definition) is 7. The summed E-state index contributed by atoms with van der Waals surface area (Å²) in [4.78, 5) is 25.4. The minimum absolute atomic E-state index is 0.125. The summed E-state index contributed by atoms with van der Waals surface area (Å²) in [6.07, 6.45) is 10.1. The van der Waals surface area contributed by atoms with Crippen molar-refractivity contribution in [1.82, 2.24) is 34.6 Å². The Balaban J connectivity index is 1.18. The van der Waals surface area contributed by atoms with Crippen LogP contribution in [-0.4, -0.2) is 47.9 Å². The number of nitrogens with zero attached hydrogens (tertiary/aromatic N) is 7. The maximum atomic E-state index is 14.0. The van der Waals surface area contributed by atoms with Crippen molar-refractivity contribution < 1.29 is 4.79 Å². The van der Waals surface area contributed by atoms with Crippen LogP contribution in [0.2, 0.25) is 0 Å². The van der Waals surface area contributed by atoms with E-state index in [1.165, 1.54) is 24.1 Å². The summed E-state index contributed by atoms with van der Waals surface area (Å²) < 4.78 is 4.28. The smallest absolute Gasteiger partial charge is 0.234 e. The maximum absolute atomic E-state index is 14.0. The molecule has 0 bridgehead atoms. The van der Waals surface area contributed by atoms with E-state index in [9.17, 15) is 4.79 Å². The molecule has 1 amide bonds. The fourth-order valence-corrected chi connectivity index (χ4v) is 6.89. The molecule has 4 aromatic rings. The summed E-state index contributed by atoms with van der Waals surface area (Å²) in [7, 11) is 0. The van der Waals surface area contributed by atoms with Crippen molar-refractivity contribution in [1.29, 1.82) is 0 Å². The molecule has 2 aliphatic carbocycles. The van der Waals surface area contributed by atoms with Gasteiger partial charge in [0.1, 0.15) is 17.8 Å². The predicted octanol–water partition coefficient (Wildman–Crippen LogP) is 4.75. The zero-order chi connectivity index (χ0) is 25.8. The molecule has 1 N–H and O–H groups in total. The van der Waals surface area contributed by atoms with E-state index in [2.05, 4.69) is 57.0 Å². The number of rotatable bonds is 6. The number of aromatic nitrogens is 6. The molecule has 0 aromatic carbocycles. The van der Waals surface area contributed by atoms with Crippen LogP contribution in [-0.2, 0) is 4.79 Å². The Kier molecular flexibility index (Phi) is 5.89. The molecule has 196 valence electrons. The van der Waals surface area contributed by atoms with E-state index < -0.39 is 0 Å². The number of pyridine rings is 1. The summed E-state index contributed by atoms with van der Waals surface area (Å²) in [5.74, 6) is 2.33. The maximum Gasteiger partial charge on any atom is 0.234 e. The van der Waals surface area contributed by atoms with Gasteiger partial charge in [0, 0.05) is 36.2 Å². The number of hydrogen-bond donors (Lipinski definition) is 1. The molecule has 10 heteroatoms. The van der Waals surface area contributed by atoms with Crippen molar-refractivity contribution in [2.75, 3.05) is 11.6 Å². The first-order valence-corrected chi connectivity index (χ1v) is 14.5. The van der Waals surface area contributed by atoms with Crippen molar-refractivity contribution >= 4 is 23.1 Å². The molecule has 4 aromatic heterocycles. The molecule has 2 saturated carbocycles. The Morgan fingerprint density at radius 2 is 2.00 bits per heavy atom. The molecule has 4 atom stereocenters. The topological polar surface area (TPSA) is 93.8 Å². The highest BCUT2D eigenvalue weighted by atomic mass is 32.1. The van der Waals surface area contributed by atoms with Gasteiger partial charge in [0.15, 0.2) is 5.82 Å². The van der Waals surface area contributed by atoms with Crippen LogP contribution in [0, 0.1) is 5.92 Å². The summed E-state index contributed by atoms with van der Waals surface area (Å²) in [6.45, 7) is 4.63. The second-order valence-corrected chi connectivity index (χ2v) is 11.9. The fraction of sp³-hybridized carbons (Fsp3) is 0.464. The minimum atomic E-state index is -0.125. The van der Waals surface area contributed by atoms with Gasteiger partial charge in [-0.3, -0.25) is 15.0 Å². The molecule has 38 heavy (non-hydrogen) atoms. The van der Waals surface area contributed by atoms with Gasteiger partial charge in [0.05, 0.1) is 24.6 Å². The highest BCUT2D eigenvalue weighted by molar-refractivity contribution is 7.08. The normalized spacial score (nSPS) is 25.7. The van der Waals surface area contributed by atoms with Gasteiger partial charge in [0.2, 0.25) is 5.91 Å². The molecule has 3 fully saturated rings. The van der Waals surface area contributed by atoms with Crippen molar-refractivity contribution in [3.63, 3.8) is 0 Å². The molecule has 0 radical (unpaired) electrons. The number of imidazole rings is 1. The monoisotopic (exact) mass is 528 g/mol. The number of carbonyl (C=O) groups is 1. The van der Waals surface area contributed by atoms with Crippen LogP contribution in [0.5, 0.6) is 0 Å². The fourth-order valence-electron chi connectivity index (χ4n) is 6.16. The predicted molar refractivity (Wildman–Crippen MR) is 146 cm³/mol. The Hall–Kier alpha value is -3.37. The number of amides is 1.